The third kappa shape index (κ3) is 3.47. The van der Waals surface area contributed by atoms with Crippen LogP contribution in [0.25, 0.3) is 0 Å². The summed E-state index contributed by atoms with van der Waals surface area (Å²) >= 11 is 0. The predicted molar refractivity (Wildman–Crippen MR) is 95.6 cm³/mol. The van der Waals surface area contributed by atoms with E-state index in [1.165, 1.54) is 12.8 Å². The van der Waals surface area contributed by atoms with Crippen molar-refractivity contribution in [2.24, 2.45) is 0 Å². The number of rotatable bonds is 5. The van der Waals surface area contributed by atoms with Gasteiger partial charge in [0, 0.05) is 30.2 Å². The minimum absolute atomic E-state index is 0.0569. The Balaban J connectivity index is 1.72. The molecule has 2 heterocycles. The van der Waals surface area contributed by atoms with E-state index in [0.717, 1.165) is 56.2 Å². The van der Waals surface area contributed by atoms with Crippen molar-refractivity contribution >= 4 is 5.91 Å². The summed E-state index contributed by atoms with van der Waals surface area (Å²) in [5.41, 5.74) is 1.78. The molecule has 1 aromatic heterocycles. The Labute approximate surface area is 150 Å². The van der Waals surface area contributed by atoms with Crippen molar-refractivity contribution in [3.8, 4) is 0 Å². The Morgan fingerprint density at radius 3 is 2.40 bits per heavy atom. The van der Waals surface area contributed by atoms with Gasteiger partial charge in [0.15, 0.2) is 0 Å². The lowest BCUT2D eigenvalue weighted by Gasteiger charge is -2.47. The molecule has 2 fully saturated rings. The summed E-state index contributed by atoms with van der Waals surface area (Å²) in [4.78, 5) is 15.5. The number of aromatic nitrogens is 1. The molecule has 0 bridgehead atoms. The first-order valence-corrected chi connectivity index (χ1v) is 9.51. The van der Waals surface area contributed by atoms with Gasteiger partial charge in [0.05, 0.1) is 24.8 Å². The molecule has 1 amide bonds. The fourth-order valence-corrected chi connectivity index (χ4v) is 4.73. The van der Waals surface area contributed by atoms with E-state index in [0.29, 0.717) is 0 Å². The van der Waals surface area contributed by atoms with E-state index in [1.54, 1.807) is 0 Å². The van der Waals surface area contributed by atoms with Crippen molar-refractivity contribution in [1.82, 2.24) is 15.4 Å². The molecule has 1 saturated heterocycles. The first kappa shape index (κ1) is 18.4. The van der Waals surface area contributed by atoms with Crippen LogP contribution in [0.3, 0.4) is 0 Å². The van der Waals surface area contributed by atoms with Crippen molar-refractivity contribution in [3.05, 3.63) is 17.0 Å². The van der Waals surface area contributed by atoms with Crippen LogP contribution in [-0.4, -0.2) is 53.8 Å². The van der Waals surface area contributed by atoms with Crippen LogP contribution in [-0.2, 0) is 9.53 Å². The van der Waals surface area contributed by atoms with Crippen molar-refractivity contribution in [3.63, 3.8) is 0 Å². The lowest BCUT2D eigenvalue weighted by Crippen LogP contribution is -2.62. The summed E-state index contributed by atoms with van der Waals surface area (Å²) in [6.07, 6.45) is 4.76. The molecule has 0 unspecified atom stereocenters. The van der Waals surface area contributed by atoms with Gasteiger partial charge < -0.3 is 14.6 Å². The van der Waals surface area contributed by atoms with Crippen LogP contribution in [0.5, 0.6) is 0 Å². The second-order valence-electron chi connectivity index (χ2n) is 7.60. The number of carbonyl (C=O) groups is 1. The van der Waals surface area contributed by atoms with Crippen LogP contribution >= 0.6 is 0 Å². The lowest BCUT2D eigenvalue weighted by atomic mass is 9.86. The fraction of sp³-hybridized carbons (Fsp3) is 0.789. The molecule has 2 atom stereocenters. The minimum atomic E-state index is -0.253. The van der Waals surface area contributed by atoms with E-state index in [1.807, 2.05) is 20.8 Å². The quantitative estimate of drug-likeness (QED) is 0.885. The Morgan fingerprint density at radius 1 is 1.20 bits per heavy atom. The van der Waals surface area contributed by atoms with Crippen molar-refractivity contribution in [2.75, 3.05) is 26.3 Å². The summed E-state index contributed by atoms with van der Waals surface area (Å²) in [5, 5.41) is 7.30. The molecule has 2 aliphatic rings. The second kappa shape index (κ2) is 7.46. The van der Waals surface area contributed by atoms with Gasteiger partial charge in [-0.25, -0.2) is 0 Å². The highest BCUT2D eigenvalue weighted by Crippen LogP contribution is 2.39. The summed E-state index contributed by atoms with van der Waals surface area (Å²) in [7, 11) is 0. The Hall–Kier alpha value is -1.40. The van der Waals surface area contributed by atoms with Gasteiger partial charge in [0.1, 0.15) is 5.76 Å². The zero-order chi connectivity index (χ0) is 18.0. The van der Waals surface area contributed by atoms with Crippen LogP contribution in [0.2, 0.25) is 0 Å². The predicted octanol–water partition coefficient (Wildman–Crippen LogP) is 2.54. The van der Waals surface area contributed by atoms with Gasteiger partial charge in [-0.3, -0.25) is 9.69 Å². The van der Waals surface area contributed by atoms with Gasteiger partial charge in [-0.1, -0.05) is 18.0 Å². The largest absolute Gasteiger partial charge is 0.379 e. The molecule has 140 valence electrons. The van der Waals surface area contributed by atoms with E-state index in [-0.39, 0.29) is 23.4 Å². The van der Waals surface area contributed by atoms with Gasteiger partial charge in [-0.05, 0) is 40.5 Å². The average Bonchev–Trinajstić information content (AvgIpc) is 3.23. The molecular weight excluding hydrogens is 318 g/mol. The van der Waals surface area contributed by atoms with Gasteiger partial charge >= 0.3 is 0 Å². The monoisotopic (exact) mass is 349 g/mol. The molecule has 0 spiro atoms. The summed E-state index contributed by atoms with van der Waals surface area (Å²) < 4.78 is 10.8. The smallest absolute Gasteiger partial charge is 0.227 e. The molecule has 0 aromatic carbocycles. The van der Waals surface area contributed by atoms with E-state index in [9.17, 15) is 4.79 Å². The van der Waals surface area contributed by atoms with E-state index < -0.39 is 0 Å². The number of nitrogens with zero attached hydrogens (tertiary/aromatic N) is 2. The molecule has 1 aliphatic heterocycles. The maximum absolute atomic E-state index is 12.9. The Morgan fingerprint density at radius 2 is 1.84 bits per heavy atom. The molecule has 1 saturated carbocycles. The highest BCUT2D eigenvalue weighted by molar-refractivity contribution is 5.84. The number of amides is 1. The number of hydrogen-bond donors (Lipinski definition) is 1. The molecular formula is C19H31N3O3. The maximum atomic E-state index is 12.9. The summed E-state index contributed by atoms with van der Waals surface area (Å²) in [6.45, 7) is 11.4. The highest BCUT2D eigenvalue weighted by atomic mass is 16.5. The topological polar surface area (TPSA) is 67.6 Å². The van der Waals surface area contributed by atoms with Crippen molar-refractivity contribution in [2.45, 2.75) is 70.9 Å². The van der Waals surface area contributed by atoms with Crippen LogP contribution in [0.4, 0.5) is 0 Å². The lowest BCUT2D eigenvalue weighted by molar-refractivity contribution is -0.124. The molecule has 3 rings (SSSR count). The second-order valence-corrected chi connectivity index (χ2v) is 7.60. The number of morpholine rings is 1. The highest BCUT2D eigenvalue weighted by Gasteiger charge is 2.45. The van der Waals surface area contributed by atoms with E-state index in [4.69, 9.17) is 9.26 Å². The molecule has 1 N–H and O–H groups in total. The Kier molecular flexibility index (Phi) is 5.49. The van der Waals surface area contributed by atoms with E-state index >= 15 is 0 Å². The number of aryl methyl sites for hydroxylation is 2. The number of ether oxygens (including phenoxy) is 1. The fourth-order valence-electron chi connectivity index (χ4n) is 4.73. The van der Waals surface area contributed by atoms with Gasteiger partial charge in [0.25, 0.3) is 0 Å². The average molecular weight is 349 g/mol. The van der Waals surface area contributed by atoms with Crippen LogP contribution in [0.15, 0.2) is 4.52 Å². The molecule has 1 aromatic rings. The zero-order valence-corrected chi connectivity index (χ0v) is 15.9. The first-order chi connectivity index (χ1) is 12.0. The van der Waals surface area contributed by atoms with Crippen molar-refractivity contribution < 1.29 is 14.1 Å². The summed E-state index contributed by atoms with van der Waals surface area (Å²) in [6, 6.07) is 0.114. The van der Waals surface area contributed by atoms with Crippen LogP contribution < -0.4 is 5.32 Å². The molecule has 25 heavy (non-hydrogen) atoms. The number of nitrogens with one attached hydrogen (secondary N) is 1. The third-order valence-corrected chi connectivity index (χ3v) is 6.19. The van der Waals surface area contributed by atoms with Crippen molar-refractivity contribution in [1.29, 1.82) is 0 Å². The molecule has 0 radical (unpaired) electrons. The summed E-state index contributed by atoms with van der Waals surface area (Å²) in [5.74, 6) is 0.537. The van der Waals surface area contributed by atoms with E-state index in [2.05, 4.69) is 22.3 Å². The Bertz CT molecular complexity index is 582. The maximum Gasteiger partial charge on any atom is 0.227 e. The zero-order valence-electron chi connectivity index (χ0n) is 15.9. The molecule has 6 nitrogen and oxygen atoms in total. The van der Waals surface area contributed by atoms with Crippen LogP contribution in [0, 0.1) is 13.8 Å². The normalized spacial score (nSPS) is 23.4. The van der Waals surface area contributed by atoms with Gasteiger partial charge in [0.2, 0.25) is 5.91 Å². The van der Waals surface area contributed by atoms with Gasteiger partial charge in [-0.15, -0.1) is 0 Å². The number of hydrogen-bond acceptors (Lipinski definition) is 5. The third-order valence-electron chi connectivity index (χ3n) is 6.19. The van der Waals surface area contributed by atoms with Crippen LogP contribution in [0.1, 0.15) is 62.5 Å². The van der Waals surface area contributed by atoms with Gasteiger partial charge in [-0.2, -0.15) is 0 Å². The first-order valence-electron chi connectivity index (χ1n) is 9.51. The SMILES string of the molecule is Cc1noc(C)c1[C@H](C)C(=O)N[C@@H](C)C1(N2CCOCC2)CCCC1. The number of carbonyl (C=O) groups excluding carboxylic acids is 1. The molecule has 6 heteroatoms. The minimum Gasteiger partial charge on any atom is -0.379 e. The standard InChI is InChI=1S/C19H31N3O3/c1-13(17-14(2)21-25-15(17)3)18(23)20-16(4)19(7-5-6-8-19)22-9-11-24-12-10-22/h13,16H,5-12H2,1-4H3,(H,20,23)/t13-,16-/m0/s1. The molecule has 1 aliphatic carbocycles.